The molecule has 1 aromatic carbocycles. The largest absolute Gasteiger partial charge is 0.497 e. The van der Waals surface area contributed by atoms with Crippen LogP contribution in [0.1, 0.15) is 30.9 Å². The summed E-state index contributed by atoms with van der Waals surface area (Å²) in [5.74, 6) is 1.25. The van der Waals surface area contributed by atoms with Gasteiger partial charge in [-0.15, -0.1) is 0 Å². The van der Waals surface area contributed by atoms with Gasteiger partial charge in [0.1, 0.15) is 11.6 Å². The Bertz CT molecular complexity index is 833. The fraction of sp³-hybridized carbons (Fsp3) is 0.421. The highest BCUT2D eigenvalue weighted by Crippen LogP contribution is 2.17. The zero-order valence-electron chi connectivity index (χ0n) is 16.3. The summed E-state index contributed by atoms with van der Waals surface area (Å²) >= 11 is 0. The van der Waals surface area contributed by atoms with Crippen molar-refractivity contribution in [3.8, 4) is 5.75 Å². The zero-order chi connectivity index (χ0) is 20.1. The van der Waals surface area contributed by atoms with Crippen LogP contribution in [0.2, 0.25) is 0 Å². The molecule has 9 heteroatoms. The summed E-state index contributed by atoms with van der Waals surface area (Å²) in [7, 11) is 1.63. The van der Waals surface area contributed by atoms with E-state index in [1.54, 1.807) is 17.9 Å². The van der Waals surface area contributed by atoms with Gasteiger partial charge in [0.2, 0.25) is 5.91 Å². The van der Waals surface area contributed by atoms with E-state index in [-0.39, 0.29) is 18.0 Å². The first-order valence-electron chi connectivity index (χ1n) is 9.24. The average molecular weight is 386 g/mol. The Morgan fingerprint density at radius 2 is 2.11 bits per heavy atom. The van der Waals surface area contributed by atoms with Crippen molar-refractivity contribution in [2.45, 2.75) is 39.0 Å². The zero-order valence-corrected chi connectivity index (χ0v) is 16.3. The Hall–Kier alpha value is -3.07. The molecule has 0 saturated carbocycles. The van der Waals surface area contributed by atoms with Crippen LogP contribution in [-0.4, -0.2) is 41.4 Å². The summed E-state index contributed by atoms with van der Waals surface area (Å²) in [6, 6.07) is 9.17. The van der Waals surface area contributed by atoms with Crippen molar-refractivity contribution >= 4 is 17.8 Å². The molecule has 0 radical (unpaired) electrons. The average Bonchev–Trinajstić information content (AvgIpc) is 3.01. The van der Waals surface area contributed by atoms with E-state index in [0.29, 0.717) is 25.2 Å². The van der Waals surface area contributed by atoms with E-state index in [1.165, 1.54) is 0 Å². The van der Waals surface area contributed by atoms with Gasteiger partial charge in [-0.2, -0.15) is 5.10 Å². The molecule has 1 fully saturated rings. The number of nitrogens with one attached hydrogen (secondary N) is 4. The van der Waals surface area contributed by atoms with Crippen molar-refractivity contribution in [3.05, 3.63) is 41.6 Å². The van der Waals surface area contributed by atoms with Crippen LogP contribution in [0.5, 0.6) is 5.75 Å². The van der Waals surface area contributed by atoms with Crippen molar-refractivity contribution in [2.75, 3.05) is 19.0 Å². The highest BCUT2D eigenvalue weighted by molar-refractivity contribution is 5.88. The number of aryl methyl sites for hydroxylation is 1. The fourth-order valence-electron chi connectivity index (χ4n) is 3.07. The van der Waals surface area contributed by atoms with Gasteiger partial charge < -0.3 is 15.4 Å². The number of methoxy groups -OCH3 is 1. The van der Waals surface area contributed by atoms with Crippen LogP contribution in [-0.2, 0) is 11.2 Å². The molecule has 2 aromatic rings. The van der Waals surface area contributed by atoms with Gasteiger partial charge in [0.15, 0.2) is 6.29 Å². The number of ether oxygens (including phenoxy) is 1. The number of aromatic nitrogens is 2. The number of hydrogen-bond donors (Lipinski definition) is 4. The summed E-state index contributed by atoms with van der Waals surface area (Å²) in [5.41, 5.74) is 1.84. The molecule has 1 aliphatic rings. The van der Waals surface area contributed by atoms with Crippen LogP contribution in [0.15, 0.2) is 30.3 Å². The Kier molecular flexibility index (Phi) is 6.15. The first-order chi connectivity index (χ1) is 13.4. The highest BCUT2D eigenvalue weighted by atomic mass is 16.5. The number of anilines is 1. The van der Waals surface area contributed by atoms with E-state index in [1.807, 2.05) is 38.1 Å². The Labute approximate surface area is 163 Å². The molecule has 150 valence electrons. The van der Waals surface area contributed by atoms with Gasteiger partial charge in [0.25, 0.3) is 0 Å². The highest BCUT2D eigenvalue weighted by Gasteiger charge is 2.26. The van der Waals surface area contributed by atoms with E-state index in [0.717, 1.165) is 17.0 Å². The Morgan fingerprint density at radius 1 is 1.36 bits per heavy atom. The Balaban J connectivity index is 1.55. The molecule has 9 nitrogen and oxygen atoms in total. The summed E-state index contributed by atoms with van der Waals surface area (Å²) in [6.07, 6.45) is 0.610. The van der Waals surface area contributed by atoms with Gasteiger partial charge in [0, 0.05) is 25.1 Å². The third-order valence-corrected chi connectivity index (χ3v) is 4.43. The lowest BCUT2D eigenvalue weighted by atomic mass is 10.1. The monoisotopic (exact) mass is 386 g/mol. The molecule has 0 bridgehead atoms. The molecule has 4 N–H and O–H groups in total. The van der Waals surface area contributed by atoms with Crippen LogP contribution in [0.25, 0.3) is 0 Å². The van der Waals surface area contributed by atoms with Gasteiger partial charge in [-0.3, -0.25) is 15.4 Å². The van der Waals surface area contributed by atoms with Gasteiger partial charge >= 0.3 is 6.03 Å². The molecule has 2 unspecified atom stereocenters. The Morgan fingerprint density at radius 3 is 2.79 bits per heavy atom. The molecule has 1 aliphatic heterocycles. The smallest absolute Gasteiger partial charge is 0.320 e. The van der Waals surface area contributed by atoms with Crippen LogP contribution < -0.4 is 26.0 Å². The van der Waals surface area contributed by atoms with Crippen molar-refractivity contribution in [2.24, 2.45) is 0 Å². The number of amides is 3. The quantitative estimate of drug-likeness (QED) is 0.602. The molecule has 1 saturated heterocycles. The number of urea groups is 1. The maximum absolute atomic E-state index is 12.3. The number of nitrogens with zero attached hydrogens (tertiary/aromatic N) is 2. The summed E-state index contributed by atoms with van der Waals surface area (Å²) < 4.78 is 6.71. The minimum absolute atomic E-state index is 0.0226. The minimum atomic E-state index is -0.500. The van der Waals surface area contributed by atoms with E-state index < -0.39 is 6.29 Å². The molecule has 3 rings (SSSR count). The third kappa shape index (κ3) is 5.01. The standard InChI is InChI=1S/C19H26N6O3/c1-12-11-17(26)23-18(21-12)25-16(10-13(2)24-25)22-19(27)20-9-8-14-4-6-15(28-3)7-5-14/h4-7,10,12,18,21H,8-9,11H2,1-3H3,(H,23,26)(H2,20,22,27). The van der Waals surface area contributed by atoms with Gasteiger partial charge in [-0.25, -0.2) is 9.48 Å². The lowest BCUT2D eigenvalue weighted by Crippen LogP contribution is -2.52. The molecular formula is C19H26N6O3. The second kappa shape index (κ2) is 8.75. The van der Waals surface area contributed by atoms with Gasteiger partial charge in [-0.1, -0.05) is 12.1 Å². The first kappa shape index (κ1) is 19.7. The predicted octanol–water partition coefficient (Wildman–Crippen LogP) is 1.52. The lowest BCUT2D eigenvalue weighted by molar-refractivity contribution is -0.125. The number of carbonyl (C=O) groups is 2. The van der Waals surface area contributed by atoms with Crippen LogP contribution in [0.3, 0.4) is 0 Å². The molecule has 1 aromatic heterocycles. The number of carbonyl (C=O) groups excluding carboxylic acids is 2. The van der Waals surface area contributed by atoms with Crippen LogP contribution in [0.4, 0.5) is 10.6 Å². The van der Waals surface area contributed by atoms with E-state index in [2.05, 4.69) is 26.4 Å². The van der Waals surface area contributed by atoms with Gasteiger partial charge in [-0.05, 0) is 38.0 Å². The lowest BCUT2D eigenvalue weighted by Gasteiger charge is -2.30. The molecule has 3 amide bonds. The maximum atomic E-state index is 12.3. The number of benzene rings is 1. The van der Waals surface area contributed by atoms with Crippen molar-refractivity contribution in [1.82, 2.24) is 25.7 Å². The second-order valence-electron chi connectivity index (χ2n) is 6.84. The molecule has 0 spiro atoms. The number of hydrogen-bond acceptors (Lipinski definition) is 5. The van der Waals surface area contributed by atoms with Crippen LogP contribution in [0, 0.1) is 6.92 Å². The normalized spacial score (nSPS) is 19.0. The van der Waals surface area contributed by atoms with Crippen molar-refractivity contribution < 1.29 is 14.3 Å². The SMILES string of the molecule is COc1ccc(CCNC(=O)Nc2cc(C)nn2C2NC(=O)CC(C)N2)cc1. The first-order valence-corrected chi connectivity index (χ1v) is 9.24. The van der Waals surface area contributed by atoms with E-state index in [4.69, 9.17) is 4.74 Å². The predicted molar refractivity (Wildman–Crippen MR) is 105 cm³/mol. The van der Waals surface area contributed by atoms with Crippen molar-refractivity contribution in [1.29, 1.82) is 0 Å². The molecular weight excluding hydrogens is 360 g/mol. The maximum Gasteiger partial charge on any atom is 0.320 e. The van der Waals surface area contributed by atoms with E-state index in [9.17, 15) is 9.59 Å². The van der Waals surface area contributed by atoms with Crippen LogP contribution >= 0.6 is 0 Å². The molecule has 0 aliphatic carbocycles. The third-order valence-electron chi connectivity index (χ3n) is 4.43. The topological polar surface area (TPSA) is 109 Å². The minimum Gasteiger partial charge on any atom is -0.497 e. The second-order valence-corrected chi connectivity index (χ2v) is 6.84. The van der Waals surface area contributed by atoms with E-state index >= 15 is 0 Å². The van der Waals surface area contributed by atoms with Gasteiger partial charge in [0.05, 0.1) is 12.8 Å². The van der Waals surface area contributed by atoms with Crippen molar-refractivity contribution in [3.63, 3.8) is 0 Å². The molecule has 28 heavy (non-hydrogen) atoms. The summed E-state index contributed by atoms with van der Waals surface area (Å²) in [5, 5.41) is 16.1. The molecule has 2 heterocycles. The fourth-order valence-corrected chi connectivity index (χ4v) is 3.07. The summed E-state index contributed by atoms with van der Waals surface area (Å²) in [4.78, 5) is 24.1. The number of rotatable bonds is 6. The molecule has 2 atom stereocenters. The summed E-state index contributed by atoms with van der Waals surface area (Å²) in [6.45, 7) is 4.25.